The number of nitrogens with one attached hydrogen (secondary N) is 1. The summed E-state index contributed by atoms with van der Waals surface area (Å²) in [7, 11) is 3.65. The fourth-order valence-corrected chi connectivity index (χ4v) is 5.01. The van der Waals surface area contributed by atoms with Gasteiger partial charge in [-0.3, -0.25) is 14.5 Å². The van der Waals surface area contributed by atoms with Gasteiger partial charge in [0.2, 0.25) is 11.8 Å². The number of carbonyl (C=O) groups excluding carboxylic acids is 2. The van der Waals surface area contributed by atoms with Gasteiger partial charge >= 0.3 is 0 Å². The van der Waals surface area contributed by atoms with E-state index in [4.69, 9.17) is 11.6 Å². The van der Waals surface area contributed by atoms with Gasteiger partial charge in [0.15, 0.2) is 0 Å². The van der Waals surface area contributed by atoms with Crippen LogP contribution in [0.3, 0.4) is 0 Å². The van der Waals surface area contributed by atoms with Gasteiger partial charge in [0.1, 0.15) is 5.82 Å². The van der Waals surface area contributed by atoms with Gasteiger partial charge in [-0.05, 0) is 68.4 Å². The van der Waals surface area contributed by atoms with Crippen molar-refractivity contribution in [2.45, 2.75) is 31.5 Å². The topological polar surface area (TPSA) is 55.9 Å². The van der Waals surface area contributed by atoms with Crippen LogP contribution < -0.4 is 5.32 Å². The number of halogens is 2. The molecule has 0 saturated carbocycles. The Kier molecular flexibility index (Phi) is 7.66. The lowest BCUT2D eigenvalue weighted by Gasteiger charge is -2.40. The number of likely N-dealkylation sites (N-methyl/N-ethyl adjacent to an activating group) is 1. The minimum absolute atomic E-state index is 0.0190. The van der Waals surface area contributed by atoms with E-state index in [0.29, 0.717) is 10.7 Å². The number of carbonyl (C=O) groups is 2. The zero-order valence-electron chi connectivity index (χ0n) is 19.5. The minimum Gasteiger partial charge on any atom is -0.331 e. The zero-order valence-corrected chi connectivity index (χ0v) is 20.3. The Labute approximate surface area is 205 Å². The number of fused-ring (bicyclic) bond motifs is 2. The summed E-state index contributed by atoms with van der Waals surface area (Å²) >= 11 is 6.13. The first-order chi connectivity index (χ1) is 16.3. The molecule has 6 nitrogen and oxygen atoms in total. The van der Waals surface area contributed by atoms with Gasteiger partial charge in [-0.25, -0.2) is 4.39 Å². The van der Waals surface area contributed by atoms with Crippen molar-refractivity contribution in [3.63, 3.8) is 0 Å². The molecule has 2 aliphatic rings. The fraction of sp³-hybridized carbons (Fsp3) is 0.385. The standard InChI is InChI=1S/C26H30ClFN4O2/c1-30(2)17-25(33)29-24-13-20(27)7-5-19(24)6-12-26(34)32-22-10-11-23(32)16-31(15-22)14-18-3-8-21(28)9-4-18/h3-9,12-13,22-23H,10-11,14-17H2,1-2H3,(H,29,33)/b12-6+. The zero-order chi connectivity index (χ0) is 24.2. The molecule has 2 amide bonds. The Hall–Kier alpha value is -2.74. The summed E-state index contributed by atoms with van der Waals surface area (Å²) in [5, 5.41) is 3.39. The van der Waals surface area contributed by atoms with Crippen LogP contribution in [0.5, 0.6) is 0 Å². The summed E-state index contributed by atoms with van der Waals surface area (Å²) in [5.41, 5.74) is 2.38. The Morgan fingerprint density at radius 2 is 1.79 bits per heavy atom. The predicted octanol–water partition coefficient (Wildman–Crippen LogP) is 3.87. The number of likely N-dealkylation sites (tertiary alicyclic amines) is 1. The molecule has 0 aromatic heterocycles. The molecule has 180 valence electrons. The number of nitrogens with zero attached hydrogens (tertiary/aromatic N) is 3. The van der Waals surface area contributed by atoms with E-state index in [0.717, 1.165) is 43.6 Å². The summed E-state index contributed by atoms with van der Waals surface area (Å²) in [5.74, 6) is -0.398. The number of amides is 2. The lowest BCUT2D eigenvalue weighted by Crippen LogP contribution is -2.55. The van der Waals surface area contributed by atoms with Crippen LogP contribution in [0.2, 0.25) is 5.02 Å². The highest BCUT2D eigenvalue weighted by Gasteiger charge is 2.41. The summed E-state index contributed by atoms with van der Waals surface area (Å²) in [6.45, 7) is 2.62. The van der Waals surface area contributed by atoms with Gasteiger partial charge < -0.3 is 15.1 Å². The number of hydrogen-bond donors (Lipinski definition) is 1. The SMILES string of the molecule is CN(C)CC(=O)Nc1cc(Cl)ccc1/C=C/C(=O)N1C2CCC1CN(Cc1ccc(F)cc1)C2. The van der Waals surface area contributed by atoms with Crippen LogP contribution in [0.4, 0.5) is 10.1 Å². The molecule has 2 aromatic carbocycles. The Morgan fingerprint density at radius 3 is 2.44 bits per heavy atom. The monoisotopic (exact) mass is 484 g/mol. The van der Waals surface area contributed by atoms with Crippen LogP contribution in [0.15, 0.2) is 48.5 Å². The molecule has 4 rings (SSSR count). The summed E-state index contributed by atoms with van der Waals surface area (Å²) in [6.07, 6.45) is 5.30. The molecule has 2 atom stereocenters. The molecule has 2 heterocycles. The minimum atomic E-state index is -0.230. The smallest absolute Gasteiger partial charge is 0.247 e. The largest absolute Gasteiger partial charge is 0.331 e. The maximum atomic E-state index is 13.2. The van der Waals surface area contributed by atoms with Gasteiger partial charge in [-0.1, -0.05) is 29.8 Å². The van der Waals surface area contributed by atoms with Crippen molar-refractivity contribution in [1.29, 1.82) is 0 Å². The van der Waals surface area contributed by atoms with E-state index in [1.54, 1.807) is 35.3 Å². The second kappa shape index (κ2) is 10.7. The average molecular weight is 485 g/mol. The van der Waals surface area contributed by atoms with Crippen molar-refractivity contribution in [2.24, 2.45) is 0 Å². The van der Waals surface area contributed by atoms with Crippen molar-refractivity contribution >= 4 is 35.2 Å². The van der Waals surface area contributed by atoms with Crippen LogP contribution in [0.1, 0.15) is 24.0 Å². The van der Waals surface area contributed by atoms with Crippen LogP contribution in [0.25, 0.3) is 6.08 Å². The van der Waals surface area contributed by atoms with Gasteiger partial charge in [0.05, 0.1) is 6.54 Å². The molecule has 2 unspecified atom stereocenters. The third-order valence-corrected chi connectivity index (χ3v) is 6.52. The molecule has 2 fully saturated rings. The lowest BCUT2D eigenvalue weighted by atomic mass is 10.1. The first-order valence-electron chi connectivity index (χ1n) is 11.5. The Balaban J connectivity index is 1.41. The summed E-state index contributed by atoms with van der Waals surface area (Å²) < 4.78 is 13.2. The first-order valence-corrected chi connectivity index (χ1v) is 11.9. The highest BCUT2D eigenvalue weighted by Crippen LogP contribution is 2.31. The molecule has 2 saturated heterocycles. The molecule has 34 heavy (non-hydrogen) atoms. The molecule has 2 bridgehead atoms. The second-order valence-electron chi connectivity index (χ2n) is 9.30. The number of rotatable bonds is 7. The van der Waals surface area contributed by atoms with Gasteiger partial charge in [0.25, 0.3) is 0 Å². The second-order valence-corrected chi connectivity index (χ2v) is 9.74. The van der Waals surface area contributed by atoms with E-state index in [-0.39, 0.29) is 36.3 Å². The van der Waals surface area contributed by atoms with Gasteiger partial charge in [0, 0.05) is 48.5 Å². The number of piperazine rings is 1. The van der Waals surface area contributed by atoms with E-state index in [2.05, 4.69) is 10.2 Å². The fourth-order valence-electron chi connectivity index (χ4n) is 4.83. The molecular weight excluding hydrogens is 455 g/mol. The van der Waals surface area contributed by atoms with Crippen molar-refractivity contribution in [3.8, 4) is 0 Å². The third kappa shape index (κ3) is 6.03. The third-order valence-electron chi connectivity index (χ3n) is 6.29. The van der Waals surface area contributed by atoms with E-state index >= 15 is 0 Å². The van der Waals surface area contributed by atoms with E-state index in [9.17, 15) is 14.0 Å². The molecule has 0 radical (unpaired) electrons. The quantitative estimate of drug-likeness (QED) is 0.606. The molecule has 8 heteroatoms. The highest BCUT2D eigenvalue weighted by atomic mass is 35.5. The van der Waals surface area contributed by atoms with E-state index in [1.807, 2.05) is 31.1 Å². The predicted molar refractivity (Wildman–Crippen MR) is 133 cm³/mol. The van der Waals surface area contributed by atoms with Crippen LogP contribution in [0, 0.1) is 5.82 Å². The molecule has 2 aromatic rings. The molecule has 2 aliphatic heterocycles. The molecule has 0 aliphatic carbocycles. The highest BCUT2D eigenvalue weighted by molar-refractivity contribution is 6.31. The van der Waals surface area contributed by atoms with Crippen molar-refractivity contribution in [3.05, 3.63) is 70.5 Å². The van der Waals surface area contributed by atoms with Crippen LogP contribution in [-0.2, 0) is 16.1 Å². The number of benzene rings is 2. The molecule has 1 N–H and O–H groups in total. The normalized spacial score (nSPS) is 20.3. The van der Waals surface area contributed by atoms with Crippen LogP contribution >= 0.6 is 11.6 Å². The van der Waals surface area contributed by atoms with Crippen LogP contribution in [-0.4, -0.2) is 72.3 Å². The summed E-state index contributed by atoms with van der Waals surface area (Å²) in [6, 6.07) is 12.2. The maximum absolute atomic E-state index is 13.2. The molecular formula is C26H30ClFN4O2. The molecule has 0 spiro atoms. The number of hydrogen-bond acceptors (Lipinski definition) is 4. The van der Waals surface area contributed by atoms with Gasteiger partial charge in [-0.15, -0.1) is 0 Å². The lowest BCUT2D eigenvalue weighted by molar-refractivity contribution is -0.131. The Morgan fingerprint density at radius 1 is 1.12 bits per heavy atom. The first kappa shape index (κ1) is 24.4. The van der Waals surface area contributed by atoms with E-state index < -0.39 is 0 Å². The Bertz CT molecular complexity index is 1060. The number of anilines is 1. The van der Waals surface area contributed by atoms with Gasteiger partial charge in [-0.2, -0.15) is 0 Å². The van der Waals surface area contributed by atoms with E-state index in [1.165, 1.54) is 12.1 Å². The summed E-state index contributed by atoms with van der Waals surface area (Å²) in [4.78, 5) is 31.5. The van der Waals surface area contributed by atoms with Crippen molar-refractivity contribution in [1.82, 2.24) is 14.7 Å². The maximum Gasteiger partial charge on any atom is 0.247 e. The average Bonchev–Trinajstić information content (AvgIpc) is 3.04. The van der Waals surface area contributed by atoms with Crippen molar-refractivity contribution in [2.75, 3.05) is 39.0 Å². The van der Waals surface area contributed by atoms with Crippen molar-refractivity contribution < 1.29 is 14.0 Å².